The van der Waals surface area contributed by atoms with Gasteiger partial charge < -0.3 is 14.7 Å². The molecule has 0 radical (unpaired) electrons. The van der Waals surface area contributed by atoms with Crippen LogP contribution in [0.15, 0.2) is 291 Å². The third kappa shape index (κ3) is 7.34. The first-order valence-corrected chi connectivity index (χ1v) is 29.5. The molecule has 3 aliphatic heterocycles. The van der Waals surface area contributed by atoms with E-state index in [1.807, 2.05) is 0 Å². The number of nitrogens with zero attached hydrogens (tertiary/aromatic N) is 3. The Labute approximate surface area is 464 Å². The number of benzene rings is 12. The number of anilines is 9. The average Bonchev–Trinajstić information content (AvgIpc) is 3.52. The van der Waals surface area contributed by atoms with Crippen LogP contribution in [0, 0.1) is 13.8 Å². The van der Waals surface area contributed by atoms with Gasteiger partial charge in [-0.1, -0.05) is 231 Å². The molecule has 12 aromatic carbocycles. The molecule has 0 N–H and O–H groups in total. The molecule has 372 valence electrons. The molecule has 12 aromatic rings. The van der Waals surface area contributed by atoms with Crippen LogP contribution in [0.2, 0.25) is 0 Å². The molecular weight excluding hydrogens is 970 g/mol. The van der Waals surface area contributed by atoms with Gasteiger partial charge in [0.25, 0.3) is 6.71 Å². The fraction of sp³-hybridized carbons (Fsp3) is 0.0270. The SMILES string of the molecule is Cc1cccc(C)c1N1c2cc3c(cc2B2c4ccc(-c5ccccc5)cc4N(c4cccc(-c5ccccc5)c4)c4cc(N(c5ccccc5)c5ccccc5)cc1c42)[Si](c1ccccc1)(c1ccccc1)c1ccccc1-3. The van der Waals surface area contributed by atoms with E-state index in [2.05, 4.69) is 320 Å². The van der Waals surface area contributed by atoms with Gasteiger partial charge in [0.15, 0.2) is 8.07 Å². The van der Waals surface area contributed by atoms with Gasteiger partial charge in [0.05, 0.1) is 11.4 Å². The molecule has 0 unspecified atom stereocenters. The van der Waals surface area contributed by atoms with Gasteiger partial charge in [0.2, 0.25) is 0 Å². The van der Waals surface area contributed by atoms with Crippen LogP contribution < -0.4 is 51.8 Å². The highest BCUT2D eigenvalue weighted by molar-refractivity contribution is 7.22. The van der Waals surface area contributed by atoms with Crippen molar-refractivity contribution in [2.45, 2.75) is 13.8 Å². The summed E-state index contributed by atoms with van der Waals surface area (Å²) in [5, 5.41) is 5.66. The lowest BCUT2D eigenvalue weighted by atomic mass is 9.33. The second kappa shape index (κ2) is 18.8. The standard InChI is InChI=1S/C74H54BN3Si/c1-51-25-23-26-52(2)74(51)78-68-49-64-63-41-21-22-42-71(63)79(61-37-17-7-18-38-61,62-39-19-8-20-40-62)72(64)50-66(68)75-65-44-43-56(54-29-11-4-12-30-54)46-67(65)77(59-36-24-31-55(45-59)53-27-9-3-10-28-53)69-47-60(48-70(78)73(69)75)76(57-32-13-5-14-33-57)58-34-15-6-16-35-58/h3-50H,1-2H3. The lowest BCUT2D eigenvalue weighted by molar-refractivity contribution is 1.20. The molecule has 0 bridgehead atoms. The lowest BCUT2D eigenvalue weighted by Crippen LogP contribution is -2.73. The Morgan fingerprint density at radius 1 is 0.329 bits per heavy atom. The van der Waals surface area contributed by atoms with Gasteiger partial charge in [-0.2, -0.15) is 0 Å². The summed E-state index contributed by atoms with van der Waals surface area (Å²) in [5.41, 5.74) is 23.9. The molecule has 0 amide bonds. The van der Waals surface area contributed by atoms with Gasteiger partial charge in [0.1, 0.15) is 0 Å². The third-order valence-corrected chi connectivity index (χ3v) is 21.8. The molecule has 0 saturated heterocycles. The molecule has 3 heterocycles. The summed E-state index contributed by atoms with van der Waals surface area (Å²) in [6.07, 6.45) is 0. The van der Waals surface area contributed by atoms with Crippen molar-refractivity contribution in [3.8, 4) is 33.4 Å². The van der Waals surface area contributed by atoms with Gasteiger partial charge in [-0.05, 0) is 156 Å². The van der Waals surface area contributed by atoms with Crippen LogP contribution in [0.5, 0.6) is 0 Å². The number of hydrogen-bond acceptors (Lipinski definition) is 3. The van der Waals surface area contributed by atoms with E-state index in [-0.39, 0.29) is 6.71 Å². The van der Waals surface area contributed by atoms with Crippen LogP contribution >= 0.6 is 0 Å². The van der Waals surface area contributed by atoms with E-state index >= 15 is 0 Å². The molecule has 0 spiro atoms. The van der Waals surface area contributed by atoms with Crippen LogP contribution in [0.1, 0.15) is 11.1 Å². The van der Waals surface area contributed by atoms with Crippen LogP contribution in [0.25, 0.3) is 33.4 Å². The van der Waals surface area contributed by atoms with Gasteiger partial charge in [0, 0.05) is 39.8 Å². The molecule has 15 rings (SSSR count). The van der Waals surface area contributed by atoms with Crippen molar-refractivity contribution < 1.29 is 0 Å². The molecule has 3 nitrogen and oxygen atoms in total. The number of fused-ring (bicyclic) bond motifs is 7. The van der Waals surface area contributed by atoms with E-state index in [9.17, 15) is 0 Å². The predicted molar refractivity (Wildman–Crippen MR) is 338 cm³/mol. The van der Waals surface area contributed by atoms with E-state index in [1.165, 1.54) is 104 Å². The first-order chi connectivity index (χ1) is 39.0. The highest BCUT2D eigenvalue weighted by Crippen LogP contribution is 2.50. The van der Waals surface area contributed by atoms with Gasteiger partial charge >= 0.3 is 0 Å². The summed E-state index contributed by atoms with van der Waals surface area (Å²) >= 11 is 0. The average molecular weight is 1020 g/mol. The summed E-state index contributed by atoms with van der Waals surface area (Å²) in [4.78, 5) is 7.69. The van der Waals surface area contributed by atoms with Crippen molar-refractivity contribution in [2.24, 2.45) is 0 Å². The van der Waals surface area contributed by atoms with Crippen molar-refractivity contribution >= 4 is 103 Å². The predicted octanol–water partition coefficient (Wildman–Crippen LogP) is 14.5. The fourth-order valence-electron chi connectivity index (χ4n) is 13.6. The normalized spacial score (nSPS) is 13.2. The Bertz CT molecular complexity index is 4190. The van der Waals surface area contributed by atoms with E-state index in [0.29, 0.717) is 0 Å². The summed E-state index contributed by atoms with van der Waals surface area (Å²) in [6, 6.07) is 109. The van der Waals surface area contributed by atoms with Gasteiger partial charge in [-0.3, -0.25) is 0 Å². The zero-order valence-electron chi connectivity index (χ0n) is 44.1. The lowest BCUT2D eigenvalue weighted by Gasteiger charge is -2.46. The maximum Gasteiger partial charge on any atom is 0.252 e. The smallest absolute Gasteiger partial charge is 0.252 e. The van der Waals surface area contributed by atoms with E-state index in [1.54, 1.807) is 0 Å². The number of hydrogen-bond donors (Lipinski definition) is 0. The second-order valence-corrected chi connectivity index (χ2v) is 25.0. The number of para-hydroxylation sites is 3. The van der Waals surface area contributed by atoms with Crippen molar-refractivity contribution in [2.75, 3.05) is 14.7 Å². The first-order valence-electron chi connectivity index (χ1n) is 27.5. The quantitative estimate of drug-likeness (QED) is 0.133. The molecular formula is C74H54BN3Si. The largest absolute Gasteiger partial charge is 0.311 e. The Morgan fingerprint density at radius 2 is 0.823 bits per heavy atom. The minimum absolute atomic E-state index is 0.142. The molecule has 0 aromatic heterocycles. The highest BCUT2D eigenvalue weighted by atomic mass is 28.3. The van der Waals surface area contributed by atoms with Gasteiger partial charge in [-0.25, -0.2) is 0 Å². The maximum atomic E-state index is 2.70. The van der Waals surface area contributed by atoms with Crippen LogP contribution in [0.3, 0.4) is 0 Å². The molecule has 79 heavy (non-hydrogen) atoms. The zero-order valence-corrected chi connectivity index (χ0v) is 45.1. The third-order valence-electron chi connectivity index (χ3n) is 16.9. The first kappa shape index (κ1) is 46.6. The summed E-state index contributed by atoms with van der Waals surface area (Å²) in [6.45, 7) is 4.44. The Balaban J connectivity index is 1.11. The van der Waals surface area contributed by atoms with Crippen LogP contribution in [-0.2, 0) is 0 Å². The zero-order chi connectivity index (χ0) is 52.6. The van der Waals surface area contributed by atoms with Crippen LogP contribution in [0.4, 0.5) is 51.2 Å². The molecule has 0 saturated carbocycles. The van der Waals surface area contributed by atoms with Crippen molar-refractivity contribution in [3.63, 3.8) is 0 Å². The second-order valence-electron chi connectivity index (χ2n) is 21.3. The minimum Gasteiger partial charge on any atom is -0.311 e. The Kier molecular flexibility index (Phi) is 11.1. The van der Waals surface area contributed by atoms with Crippen molar-refractivity contribution in [3.05, 3.63) is 302 Å². The van der Waals surface area contributed by atoms with Crippen LogP contribution in [-0.4, -0.2) is 14.8 Å². The minimum atomic E-state index is -2.92. The molecule has 0 aliphatic carbocycles. The topological polar surface area (TPSA) is 9.72 Å². The molecule has 5 heteroatoms. The van der Waals surface area contributed by atoms with Crippen molar-refractivity contribution in [1.29, 1.82) is 0 Å². The number of aryl methyl sites for hydroxylation is 2. The summed E-state index contributed by atoms with van der Waals surface area (Å²) < 4.78 is 0. The maximum absolute atomic E-state index is 2.92. The molecule has 3 aliphatic rings. The Hall–Kier alpha value is -9.68. The molecule has 0 atom stereocenters. The summed E-state index contributed by atoms with van der Waals surface area (Å²) in [7, 11) is -2.92. The van der Waals surface area contributed by atoms with Gasteiger partial charge in [-0.15, -0.1) is 0 Å². The van der Waals surface area contributed by atoms with E-state index in [0.717, 1.165) is 28.4 Å². The number of rotatable bonds is 9. The Morgan fingerprint density at radius 3 is 1.43 bits per heavy atom. The van der Waals surface area contributed by atoms with E-state index in [4.69, 9.17) is 0 Å². The van der Waals surface area contributed by atoms with Crippen molar-refractivity contribution in [1.82, 2.24) is 0 Å². The molecule has 0 fully saturated rings. The highest BCUT2D eigenvalue weighted by Gasteiger charge is 2.52. The summed E-state index contributed by atoms with van der Waals surface area (Å²) in [5.74, 6) is 0. The monoisotopic (exact) mass is 1020 g/mol. The fourth-order valence-corrected chi connectivity index (χ4v) is 18.8. The van der Waals surface area contributed by atoms with E-state index < -0.39 is 8.07 Å².